The molecule has 3 aliphatic carbocycles. The zero-order valence-electron chi connectivity index (χ0n) is 26.7. The molecule has 1 aromatic rings. The van der Waals surface area contributed by atoms with Gasteiger partial charge in [-0.25, -0.2) is 0 Å². The fourth-order valence-corrected chi connectivity index (χ4v) is 8.26. The van der Waals surface area contributed by atoms with Crippen LogP contribution in [0.1, 0.15) is 63.3 Å². The molecule has 11 nitrogen and oxygen atoms in total. The Balaban J connectivity index is 1.69. The fraction of sp³-hybridized carbons (Fsp3) is 0.606. The maximum atomic E-state index is 14.2. The summed E-state index contributed by atoms with van der Waals surface area (Å²) in [5, 5.41) is 46.1. The van der Waals surface area contributed by atoms with Crippen molar-refractivity contribution >= 4 is 28.9 Å². The van der Waals surface area contributed by atoms with Crippen LogP contribution in [0.25, 0.3) is 5.76 Å². The van der Waals surface area contributed by atoms with Gasteiger partial charge >= 0.3 is 0 Å². The lowest BCUT2D eigenvalue weighted by Gasteiger charge is -2.50. The molecule has 11 heteroatoms. The number of nitrogens with two attached hydrogens (primary N) is 1. The summed E-state index contributed by atoms with van der Waals surface area (Å²) in [7, 11) is 5.17. The number of rotatable bonds is 7. The zero-order chi connectivity index (χ0) is 32.6. The average molecular weight is 611 g/mol. The predicted molar refractivity (Wildman–Crippen MR) is 166 cm³/mol. The van der Waals surface area contributed by atoms with E-state index in [1.54, 1.807) is 20.2 Å². The molecule has 44 heavy (non-hydrogen) atoms. The first kappa shape index (κ1) is 32.0. The quantitative estimate of drug-likeness (QED) is 0.289. The van der Waals surface area contributed by atoms with Gasteiger partial charge in [-0.05, 0) is 68.3 Å². The van der Waals surface area contributed by atoms with Crippen LogP contribution in [0.15, 0.2) is 23.0 Å². The van der Waals surface area contributed by atoms with Gasteiger partial charge in [-0.2, -0.15) is 0 Å². The van der Waals surface area contributed by atoms with Crippen molar-refractivity contribution in [1.29, 1.82) is 0 Å². The number of carbonyl (C=O) groups excluding carboxylic acids is 3. The molecular formula is C33H46N4O7. The number of anilines is 1. The van der Waals surface area contributed by atoms with E-state index in [1.807, 2.05) is 7.05 Å². The lowest BCUT2D eigenvalue weighted by Crippen LogP contribution is -2.65. The molecule has 240 valence electrons. The van der Waals surface area contributed by atoms with Crippen molar-refractivity contribution in [2.45, 2.75) is 64.6 Å². The van der Waals surface area contributed by atoms with Crippen molar-refractivity contribution in [3.8, 4) is 5.75 Å². The van der Waals surface area contributed by atoms with Gasteiger partial charge in [0, 0.05) is 49.9 Å². The minimum absolute atomic E-state index is 0.0520. The number of amides is 1. The fourth-order valence-electron chi connectivity index (χ4n) is 8.26. The third-order valence-corrected chi connectivity index (χ3v) is 9.84. The van der Waals surface area contributed by atoms with E-state index in [0.717, 1.165) is 37.3 Å². The Kier molecular flexibility index (Phi) is 8.14. The molecule has 4 aliphatic rings. The van der Waals surface area contributed by atoms with E-state index in [2.05, 4.69) is 37.5 Å². The SMILES string of the molecule is CC(C)CN(CC(C)C)C1CCN(C)c2c1cc(O)c1c2C[C@@H]2C[C@@H]3[C@H](N(C)C)C(=O)C(C(N)=O)=C(O)[C@@]3(O)C(=O)C2=C1O. The van der Waals surface area contributed by atoms with Gasteiger partial charge in [0.2, 0.25) is 5.78 Å². The van der Waals surface area contributed by atoms with E-state index < -0.39 is 58.0 Å². The highest BCUT2D eigenvalue weighted by Gasteiger charge is 2.64. The number of phenolic OH excluding ortho intramolecular Hbond substituents is 1. The van der Waals surface area contributed by atoms with E-state index in [4.69, 9.17) is 5.73 Å². The van der Waals surface area contributed by atoms with Gasteiger partial charge in [-0.3, -0.25) is 24.2 Å². The van der Waals surface area contributed by atoms with Crippen LogP contribution in [0, 0.1) is 23.7 Å². The van der Waals surface area contributed by atoms with Crippen LogP contribution in [0.3, 0.4) is 0 Å². The molecule has 1 amide bonds. The van der Waals surface area contributed by atoms with Gasteiger partial charge in [0.1, 0.15) is 22.8 Å². The monoisotopic (exact) mass is 610 g/mol. The molecule has 0 radical (unpaired) electrons. The van der Waals surface area contributed by atoms with Gasteiger partial charge in [0.15, 0.2) is 11.4 Å². The highest BCUT2D eigenvalue weighted by Crippen LogP contribution is 2.55. The van der Waals surface area contributed by atoms with Crippen molar-refractivity contribution < 1.29 is 34.8 Å². The number of benzene rings is 1. The van der Waals surface area contributed by atoms with Gasteiger partial charge in [-0.15, -0.1) is 0 Å². The number of fused-ring (bicyclic) bond motifs is 5. The molecular weight excluding hydrogens is 564 g/mol. The second-order valence-electron chi connectivity index (χ2n) is 14.1. The Morgan fingerprint density at radius 3 is 2.27 bits per heavy atom. The zero-order valence-corrected chi connectivity index (χ0v) is 26.7. The summed E-state index contributed by atoms with van der Waals surface area (Å²) in [6, 6.07) is 0.628. The van der Waals surface area contributed by atoms with Crippen LogP contribution in [0.2, 0.25) is 0 Å². The molecule has 1 saturated carbocycles. The summed E-state index contributed by atoms with van der Waals surface area (Å²) < 4.78 is 0. The first-order chi connectivity index (χ1) is 20.5. The molecule has 1 heterocycles. The molecule has 0 bridgehead atoms. The van der Waals surface area contributed by atoms with Crippen molar-refractivity contribution in [2.24, 2.45) is 29.4 Å². The molecule has 6 N–H and O–H groups in total. The van der Waals surface area contributed by atoms with E-state index in [1.165, 1.54) is 4.90 Å². The van der Waals surface area contributed by atoms with E-state index >= 15 is 0 Å². The molecule has 0 spiro atoms. The summed E-state index contributed by atoms with van der Waals surface area (Å²) in [5.41, 5.74) is 4.55. The number of hydrogen-bond acceptors (Lipinski definition) is 10. The number of aliphatic hydroxyl groups is 3. The van der Waals surface area contributed by atoms with Crippen LogP contribution < -0.4 is 10.6 Å². The summed E-state index contributed by atoms with van der Waals surface area (Å²) in [6.07, 6.45) is 1.21. The number of nitrogens with zero attached hydrogens (tertiary/aromatic N) is 3. The maximum absolute atomic E-state index is 14.2. The van der Waals surface area contributed by atoms with Gasteiger partial charge in [0.25, 0.3) is 5.91 Å². The number of primary amides is 1. The number of Topliss-reactive ketones (excluding diaryl/α,β-unsaturated/α-hetero) is 2. The minimum Gasteiger partial charge on any atom is -0.508 e. The molecule has 1 fully saturated rings. The summed E-state index contributed by atoms with van der Waals surface area (Å²) in [6.45, 7) is 11.3. The van der Waals surface area contributed by atoms with Crippen LogP contribution in [0.5, 0.6) is 5.75 Å². The number of hydrogen-bond donors (Lipinski definition) is 5. The summed E-state index contributed by atoms with van der Waals surface area (Å²) in [4.78, 5) is 45.9. The van der Waals surface area contributed by atoms with Gasteiger partial charge in [0.05, 0.1) is 11.6 Å². The number of ketones is 2. The van der Waals surface area contributed by atoms with Crippen molar-refractivity contribution in [1.82, 2.24) is 9.80 Å². The predicted octanol–water partition coefficient (Wildman–Crippen LogP) is 2.46. The molecule has 0 aromatic heterocycles. The number of carbonyl (C=O) groups is 3. The third-order valence-electron chi connectivity index (χ3n) is 9.84. The van der Waals surface area contributed by atoms with Crippen molar-refractivity contribution in [3.63, 3.8) is 0 Å². The average Bonchev–Trinajstić information content (AvgIpc) is 2.89. The Morgan fingerprint density at radius 1 is 1.11 bits per heavy atom. The standard InChI is InChI=1S/C33H46N4O7/c1-15(2)13-37(14-16(3)4)21-8-9-36(7)26-18(21)12-22(38)24-19(26)10-17-11-20-27(35(5)6)29(40)25(32(34)43)31(42)33(20,44)30(41)23(17)28(24)39/h12,15-17,20-21,27,38-39,42,44H,8-11,13-14H2,1-7H3,(H2,34,43)/t17-,20-,21?,27+,33+/m1/s1. The topological polar surface area (TPSA) is 168 Å². The van der Waals surface area contributed by atoms with Crippen molar-refractivity contribution in [3.05, 3.63) is 39.7 Å². The second-order valence-corrected chi connectivity index (χ2v) is 14.1. The molecule has 0 saturated heterocycles. The summed E-state index contributed by atoms with van der Waals surface area (Å²) >= 11 is 0. The first-order valence-corrected chi connectivity index (χ1v) is 15.5. The Bertz CT molecular complexity index is 1470. The van der Waals surface area contributed by atoms with Crippen LogP contribution in [0.4, 0.5) is 5.69 Å². The third kappa shape index (κ3) is 4.71. The Morgan fingerprint density at radius 2 is 1.73 bits per heavy atom. The smallest absolute Gasteiger partial charge is 0.255 e. The number of likely N-dealkylation sites (N-methyl/N-ethyl adjacent to an activating group) is 1. The summed E-state index contributed by atoms with van der Waals surface area (Å²) in [5.74, 6) is -5.56. The van der Waals surface area contributed by atoms with E-state index in [9.17, 15) is 34.8 Å². The van der Waals surface area contributed by atoms with E-state index in [0.29, 0.717) is 17.4 Å². The first-order valence-electron chi connectivity index (χ1n) is 15.5. The lowest BCUT2D eigenvalue weighted by atomic mass is 9.57. The molecule has 1 aliphatic heterocycles. The van der Waals surface area contributed by atoms with Crippen molar-refractivity contribution in [2.75, 3.05) is 45.7 Å². The normalized spacial score (nSPS) is 28.6. The molecule has 5 rings (SSSR count). The van der Waals surface area contributed by atoms with Gasteiger partial charge in [-0.1, -0.05) is 27.7 Å². The number of aliphatic hydroxyl groups excluding tert-OH is 2. The number of phenols is 1. The van der Waals surface area contributed by atoms with Crippen LogP contribution in [-0.2, 0) is 20.8 Å². The lowest BCUT2D eigenvalue weighted by molar-refractivity contribution is -0.153. The highest BCUT2D eigenvalue weighted by molar-refractivity contribution is 6.24. The number of aromatic hydroxyl groups is 1. The van der Waals surface area contributed by atoms with Crippen LogP contribution in [-0.4, -0.2) is 100 Å². The van der Waals surface area contributed by atoms with Crippen LogP contribution >= 0.6 is 0 Å². The Labute approximate surface area is 258 Å². The second kappa shape index (κ2) is 11.2. The molecule has 1 aromatic carbocycles. The Hall–Kier alpha value is -3.41. The minimum atomic E-state index is -2.65. The maximum Gasteiger partial charge on any atom is 0.255 e. The molecule has 5 atom stereocenters. The van der Waals surface area contributed by atoms with E-state index in [-0.39, 0.29) is 35.8 Å². The largest absolute Gasteiger partial charge is 0.508 e. The van der Waals surface area contributed by atoms with Gasteiger partial charge < -0.3 is 31.1 Å². The molecule has 1 unspecified atom stereocenters. The highest BCUT2D eigenvalue weighted by atomic mass is 16.3.